The Hall–Kier alpha value is -3.31. The van der Waals surface area contributed by atoms with Gasteiger partial charge in [-0.3, -0.25) is 4.79 Å². The van der Waals surface area contributed by atoms with Gasteiger partial charge in [0, 0.05) is 23.6 Å². The maximum absolute atomic E-state index is 12.3. The second kappa shape index (κ2) is 11.0. The highest BCUT2D eigenvalue weighted by Gasteiger charge is 2.14. The van der Waals surface area contributed by atoms with Crippen molar-refractivity contribution in [2.24, 2.45) is 0 Å². The number of ether oxygens (including phenoxy) is 1. The van der Waals surface area contributed by atoms with Crippen LogP contribution in [0.5, 0.6) is 5.75 Å². The Kier molecular flexibility index (Phi) is 7.76. The minimum Gasteiger partial charge on any atom is -0.492 e. The van der Waals surface area contributed by atoms with E-state index in [4.69, 9.17) is 21.3 Å². The predicted molar refractivity (Wildman–Crippen MR) is 142 cm³/mol. The lowest BCUT2D eigenvalue weighted by atomic mass is 9.87. The summed E-state index contributed by atoms with van der Waals surface area (Å²) in [6, 6.07) is 23.4. The van der Waals surface area contributed by atoms with E-state index in [9.17, 15) is 4.79 Å². The maximum atomic E-state index is 12.3. The number of hydrogen-bond acceptors (Lipinski definition) is 3. The van der Waals surface area contributed by atoms with Crippen molar-refractivity contribution >= 4 is 28.5 Å². The first-order valence-corrected chi connectivity index (χ1v) is 12.4. The van der Waals surface area contributed by atoms with E-state index in [0.29, 0.717) is 30.3 Å². The molecule has 4 aromatic rings. The Balaban J connectivity index is 1.35. The molecule has 0 spiro atoms. The fourth-order valence-electron chi connectivity index (χ4n) is 4.02. The SMILES string of the molecule is CC(C)(C)c1ccc(OCCn2c(CCCNC(=O)c3ccc(Cl)cc3)nc3ccccc32)cc1. The molecule has 1 N–H and O–H groups in total. The minimum atomic E-state index is -0.0963. The number of aryl methyl sites for hydroxylation is 1. The summed E-state index contributed by atoms with van der Waals surface area (Å²) in [5.41, 5.74) is 4.09. The first kappa shape index (κ1) is 24.8. The van der Waals surface area contributed by atoms with E-state index in [1.165, 1.54) is 5.56 Å². The third kappa shape index (κ3) is 6.43. The van der Waals surface area contributed by atoms with E-state index < -0.39 is 0 Å². The Labute approximate surface area is 212 Å². The number of benzene rings is 3. The standard InChI is InChI=1S/C29H32ClN3O2/c1-29(2,3)22-12-16-24(17-13-22)35-20-19-33-26-8-5-4-7-25(26)32-27(33)9-6-18-31-28(34)21-10-14-23(30)15-11-21/h4-5,7-8,10-17H,6,9,18-20H2,1-3H3,(H,31,34). The summed E-state index contributed by atoms with van der Waals surface area (Å²) in [5, 5.41) is 3.59. The minimum absolute atomic E-state index is 0.0963. The number of hydrogen-bond donors (Lipinski definition) is 1. The van der Waals surface area contributed by atoms with Crippen LogP contribution >= 0.6 is 11.6 Å². The number of rotatable bonds is 9. The van der Waals surface area contributed by atoms with Gasteiger partial charge in [0.25, 0.3) is 5.91 Å². The number of imidazole rings is 1. The molecule has 5 nitrogen and oxygen atoms in total. The maximum Gasteiger partial charge on any atom is 0.251 e. The first-order valence-electron chi connectivity index (χ1n) is 12.0. The van der Waals surface area contributed by atoms with Gasteiger partial charge in [-0.15, -0.1) is 0 Å². The summed E-state index contributed by atoms with van der Waals surface area (Å²) >= 11 is 5.90. The average Bonchev–Trinajstić information content (AvgIpc) is 3.19. The quantitative estimate of drug-likeness (QED) is 0.276. The zero-order valence-electron chi connectivity index (χ0n) is 20.6. The van der Waals surface area contributed by atoms with E-state index in [2.05, 4.69) is 48.9 Å². The fraction of sp³-hybridized carbons (Fsp3) is 0.310. The number of carbonyl (C=O) groups excluding carboxylic acids is 1. The highest BCUT2D eigenvalue weighted by molar-refractivity contribution is 6.30. The molecule has 0 unspecified atom stereocenters. The number of carbonyl (C=O) groups is 1. The molecule has 1 heterocycles. The largest absolute Gasteiger partial charge is 0.492 e. The molecule has 1 amide bonds. The van der Waals surface area contributed by atoms with Crippen LogP contribution < -0.4 is 10.1 Å². The summed E-state index contributed by atoms with van der Waals surface area (Å²) in [6.07, 6.45) is 1.55. The second-order valence-electron chi connectivity index (χ2n) is 9.66. The Bertz CT molecular complexity index is 1270. The third-order valence-electron chi connectivity index (χ3n) is 6.01. The summed E-state index contributed by atoms with van der Waals surface area (Å²) < 4.78 is 8.27. The highest BCUT2D eigenvalue weighted by atomic mass is 35.5. The molecule has 0 bridgehead atoms. The molecule has 182 valence electrons. The first-order chi connectivity index (χ1) is 16.8. The molecule has 0 radical (unpaired) electrons. The zero-order valence-corrected chi connectivity index (χ0v) is 21.3. The van der Waals surface area contributed by atoms with Crippen LogP contribution in [0.25, 0.3) is 11.0 Å². The topological polar surface area (TPSA) is 56.1 Å². The molecule has 6 heteroatoms. The van der Waals surface area contributed by atoms with E-state index in [0.717, 1.165) is 35.4 Å². The van der Waals surface area contributed by atoms with E-state index >= 15 is 0 Å². The number of fused-ring (bicyclic) bond motifs is 1. The molecule has 35 heavy (non-hydrogen) atoms. The molecule has 0 saturated carbocycles. The molecule has 0 aliphatic carbocycles. The van der Waals surface area contributed by atoms with Gasteiger partial charge in [0.1, 0.15) is 18.2 Å². The van der Waals surface area contributed by atoms with Crippen molar-refractivity contribution in [3.63, 3.8) is 0 Å². The van der Waals surface area contributed by atoms with Gasteiger partial charge in [0.15, 0.2) is 0 Å². The number of halogens is 1. The second-order valence-corrected chi connectivity index (χ2v) is 10.1. The summed E-state index contributed by atoms with van der Waals surface area (Å²) in [7, 11) is 0. The van der Waals surface area contributed by atoms with Crippen molar-refractivity contribution < 1.29 is 9.53 Å². The lowest BCUT2D eigenvalue weighted by Crippen LogP contribution is -2.25. The fourth-order valence-corrected chi connectivity index (χ4v) is 4.15. The van der Waals surface area contributed by atoms with Crippen molar-refractivity contribution in [3.8, 4) is 5.75 Å². The molecule has 1 aromatic heterocycles. The molecule has 0 aliphatic rings. The summed E-state index contributed by atoms with van der Waals surface area (Å²) in [5.74, 6) is 1.77. The molecule has 4 rings (SSSR count). The van der Waals surface area contributed by atoms with Crippen LogP contribution in [0.4, 0.5) is 0 Å². The number of aromatic nitrogens is 2. The van der Waals surface area contributed by atoms with Gasteiger partial charge in [-0.2, -0.15) is 0 Å². The van der Waals surface area contributed by atoms with Crippen molar-refractivity contribution in [1.29, 1.82) is 0 Å². The molecule has 0 fully saturated rings. The van der Waals surface area contributed by atoms with Crippen LogP contribution in [0, 0.1) is 0 Å². The van der Waals surface area contributed by atoms with E-state index in [1.807, 2.05) is 30.3 Å². The van der Waals surface area contributed by atoms with Gasteiger partial charge in [-0.05, 0) is 65.9 Å². The van der Waals surface area contributed by atoms with Crippen molar-refractivity contribution in [1.82, 2.24) is 14.9 Å². The Morgan fingerprint density at radius 3 is 2.43 bits per heavy atom. The Morgan fingerprint density at radius 2 is 1.71 bits per heavy atom. The van der Waals surface area contributed by atoms with E-state index in [-0.39, 0.29) is 11.3 Å². The van der Waals surface area contributed by atoms with Gasteiger partial charge < -0.3 is 14.6 Å². The molecular weight excluding hydrogens is 458 g/mol. The van der Waals surface area contributed by atoms with Crippen LogP contribution in [-0.4, -0.2) is 28.6 Å². The smallest absolute Gasteiger partial charge is 0.251 e. The van der Waals surface area contributed by atoms with Crippen molar-refractivity contribution in [3.05, 3.63) is 94.8 Å². The lowest BCUT2D eigenvalue weighted by molar-refractivity contribution is 0.0953. The molecule has 3 aromatic carbocycles. The molecule has 0 atom stereocenters. The van der Waals surface area contributed by atoms with Crippen LogP contribution in [0.15, 0.2) is 72.8 Å². The number of nitrogens with zero attached hydrogens (tertiary/aromatic N) is 2. The third-order valence-corrected chi connectivity index (χ3v) is 6.26. The van der Waals surface area contributed by atoms with Gasteiger partial charge in [-0.25, -0.2) is 4.98 Å². The summed E-state index contributed by atoms with van der Waals surface area (Å²) in [4.78, 5) is 17.2. The monoisotopic (exact) mass is 489 g/mol. The van der Waals surface area contributed by atoms with Gasteiger partial charge in [0.2, 0.25) is 0 Å². The zero-order chi connectivity index (χ0) is 24.8. The van der Waals surface area contributed by atoms with Crippen LogP contribution in [-0.2, 0) is 18.4 Å². The normalized spacial score (nSPS) is 11.5. The van der Waals surface area contributed by atoms with Crippen molar-refractivity contribution in [2.45, 2.75) is 45.6 Å². The van der Waals surface area contributed by atoms with Crippen LogP contribution in [0.3, 0.4) is 0 Å². The van der Waals surface area contributed by atoms with Gasteiger partial charge in [-0.1, -0.05) is 56.6 Å². The van der Waals surface area contributed by atoms with Gasteiger partial charge in [0.05, 0.1) is 17.6 Å². The van der Waals surface area contributed by atoms with Gasteiger partial charge >= 0.3 is 0 Å². The number of amides is 1. The highest BCUT2D eigenvalue weighted by Crippen LogP contribution is 2.24. The molecule has 0 aliphatic heterocycles. The Morgan fingerprint density at radius 1 is 1.00 bits per heavy atom. The van der Waals surface area contributed by atoms with E-state index in [1.54, 1.807) is 24.3 Å². The molecular formula is C29H32ClN3O2. The average molecular weight is 490 g/mol. The van der Waals surface area contributed by atoms with Crippen LogP contribution in [0.1, 0.15) is 48.9 Å². The molecule has 0 saturated heterocycles. The summed E-state index contributed by atoms with van der Waals surface area (Å²) in [6.45, 7) is 8.44. The number of nitrogens with one attached hydrogen (secondary N) is 1. The van der Waals surface area contributed by atoms with Crippen LogP contribution in [0.2, 0.25) is 5.02 Å². The predicted octanol–water partition coefficient (Wildman–Crippen LogP) is 6.43. The lowest BCUT2D eigenvalue weighted by Gasteiger charge is -2.19. The van der Waals surface area contributed by atoms with Crippen molar-refractivity contribution in [2.75, 3.05) is 13.2 Å². The number of para-hydroxylation sites is 2.